The van der Waals surface area contributed by atoms with Gasteiger partial charge in [-0.1, -0.05) is 43.9 Å². The Balaban J connectivity index is 1.37. The molecule has 1 atom stereocenters. The van der Waals surface area contributed by atoms with Crippen LogP contribution >= 0.6 is 0 Å². The van der Waals surface area contributed by atoms with E-state index in [4.69, 9.17) is 0 Å². The number of tetrazole rings is 1. The van der Waals surface area contributed by atoms with Crippen molar-refractivity contribution in [2.24, 2.45) is 5.41 Å². The monoisotopic (exact) mass is 325 g/mol. The van der Waals surface area contributed by atoms with E-state index in [0.717, 1.165) is 24.5 Å². The summed E-state index contributed by atoms with van der Waals surface area (Å²) in [6, 6.07) is 10.8. The molecule has 128 valence electrons. The highest BCUT2D eigenvalue weighted by Gasteiger charge is 2.42. The summed E-state index contributed by atoms with van der Waals surface area (Å²) >= 11 is 0. The van der Waals surface area contributed by atoms with Crippen LogP contribution in [0.4, 0.5) is 0 Å². The summed E-state index contributed by atoms with van der Waals surface area (Å²) in [4.78, 5) is 0. The average molecular weight is 325 g/mol. The van der Waals surface area contributed by atoms with Crippen LogP contribution in [0.3, 0.4) is 0 Å². The molecule has 24 heavy (non-hydrogen) atoms. The normalized spacial score (nSPS) is 22.9. The minimum absolute atomic E-state index is 0.587. The van der Waals surface area contributed by atoms with Crippen LogP contribution < -0.4 is 5.32 Å². The van der Waals surface area contributed by atoms with E-state index >= 15 is 0 Å². The van der Waals surface area contributed by atoms with E-state index in [1.54, 1.807) is 0 Å². The van der Waals surface area contributed by atoms with E-state index in [1.807, 2.05) is 35.0 Å². The van der Waals surface area contributed by atoms with Crippen LogP contribution in [0.25, 0.3) is 5.69 Å². The quantitative estimate of drug-likeness (QED) is 0.916. The van der Waals surface area contributed by atoms with Crippen LogP contribution in [0.1, 0.15) is 57.2 Å². The van der Waals surface area contributed by atoms with Gasteiger partial charge in [-0.2, -0.15) is 4.68 Å². The van der Waals surface area contributed by atoms with E-state index < -0.39 is 0 Å². The van der Waals surface area contributed by atoms with Gasteiger partial charge < -0.3 is 5.32 Å². The van der Waals surface area contributed by atoms with Crippen molar-refractivity contribution in [3.63, 3.8) is 0 Å². The van der Waals surface area contributed by atoms with Gasteiger partial charge in [0.05, 0.1) is 5.69 Å². The summed E-state index contributed by atoms with van der Waals surface area (Å²) in [5, 5.41) is 16.1. The summed E-state index contributed by atoms with van der Waals surface area (Å²) in [5.74, 6) is 0.935. The van der Waals surface area contributed by atoms with Crippen LogP contribution in [0.5, 0.6) is 0 Å². The van der Waals surface area contributed by atoms with Crippen molar-refractivity contribution in [2.45, 2.75) is 63.8 Å². The number of rotatable bonds is 5. The number of benzene rings is 1. The molecular weight excluding hydrogens is 298 g/mol. The van der Waals surface area contributed by atoms with Gasteiger partial charge in [-0.15, -0.1) is 5.10 Å². The first-order valence-corrected chi connectivity index (χ1v) is 9.43. The maximum atomic E-state index is 4.22. The number of hydrogen-bond acceptors (Lipinski definition) is 4. The van der Waals surface area contributed by atoms with Gasteiger partial charge in [-0.25, -0.2) is 0 Å². The van der Waals surface area contributed by atoms with E-state index in [9.17, 15) is 0 Å². The summed E-state index contributed by atoms with van der Waals surface area (Å²) in [5.41, 5.74) is 1.62. The summed E-state index contributed by atoms with van der Waals surface area (Å²) in [7, 11) is 0. The number of nitrogens with one attached hydrogen (secondary N) is 1. The summed E-state index contributed by atoms with van der Waals surface area (Å²) in [6.45, 7) is 0.958. The minimum Gasteiger partial charge on any atom is -0.313 e. The Morgan fingerprint density at radius 1 is 1.04 bits per heavy atom. The fourth-order valence-electron chi connectivity index (χ4n) is 4.80. The molecule has 1 N–H and O–H groups in total. The number of aromatic nitrogens is 4. The Morgan fingerprint density at radius 3 is 2.67 bits per heavy atom. The molecule has 0 bridgehead atoms. The van der Waals surface area contributed by atoms with Gasteiger partial charge in [0.1, 0.15) is 0 Å². The first-order valence-electron chi connectivity index (χ1n) is 9.43. The Hall–Kier alpha value is -1.75. The lowest BCUT2D eigenvalue weighted by Crippen LogP contribution is -2.43. The Morgan fingerprint density at radius 2 is 1.83 bits per heavy atom. The van der Waals surface area contributed by atoms with Crippen molar-refractivity contribution in [3.8, 4) is 5.69 Å². The van der Waals surface area contributed by atoms with Gasteiger partial charge in [0.15, 0.2) is 5.82 Å². The van der Waals surface area contributed by atoms with Crippen LogP contribution in [0.15, 0.2) is 30.3 Å². The maximum Gasteiger partial charge on any atom is 0.157 e. The Kier molecular flexibility index (Phi) is 4.60. The van der Waals surface area contributed by atoms with Crippen molar-refractivity contribution in [1.82, 2.24) is 25.5 Å². The Labute approximate surface area is 143 Å². The highest BCUT2D eigenvalue weighted by atomic mass is 15.5. The average Bonchev–Trinajstić information content (AvgIpc) is 3.24. The van der Waals surface area contributed by atoms with Gasteiger partial charge >= 0.3 is 0 Å². The zero-order valence-corrected chi connectivity index (χ0v) is 14.3. The predicted molar refractivity (Wildman–Crippen MR) is 94.0 cm³/mol. The van der Waals surface area contributed by atoms with Crippen LogP contribution in [0.2, 0.25) is 0 Å². The van der Waals surface area contributed by atoms with Gasteiger partial charge in [-0.05, 0) is 53.7 Å². The van der Waals surface area contributed by atoms with E-state index in [0.29, 0.717) is 11.5 Å². The molecule has 1 aromatic heterocycles. The number of para-hydroxylation sites is 1. The summed E-state index contributed by atoms with van der Waals surface area (Å²) in [6.07, 6.45) is 12.1. The van der Waals surface area contributed by atoms with Crippen molar-refractivity contribution in [1.29, 1.82) is 0 Å². The lowest BCUT2D eigenvalue weighted by molar-refractivity contribution is 0.150. The second-order valence-electron chi connectivity index (χ2n) is 7.41. The molecule has 0 radical (unpaired) electrons. The molecule has 2 aliphatic carbocycles. The number of hydrogen-bond donors (Lipinski definition) is 1. The zero-order valence-electron chi connectivity index (χ0n) is 14.3. The van der Waals surface area contributed by atoms with E-state index in [1.165, 1.54) is 51.4 Å². The van der Waals surface area contributed by atoms with Crippen molar-refractivity contribution >= 4 is 0 Å². The Bertz CT molecular complexity index is 645. The smallest absolute Gasteiger partial charge is 0.157 e. The highest BCUT2D eigenvalue weighted by Crippen LogP contribution is 2.49. The van der Waals surface area contributed by atoms with Gasteiger partial charge in [0.25, 0.3) is 0 Å². The number of nitrogens with zero attached hydrogens (tertiary/aromatic N) is 4. The molecule has 1 aromatic carbocycles. The van der Waals surface area contributed by atoms with Crippen LogP contribution in [-0.2, 0) is 6.42 Å². The third kappa shape index (κ3) is 3.09. The minimum atomic E-state index is 0.587. The van der Waals surface area contributed by atoms with Crippen molar-refractivity contribution < 1.29 is 0 Å². The SMILES string of the molecule is c1ccc(-n2nnnc2CCNC2CCCC23CCCCC3)cc1. The molecule has 1 unspecified atom stereocenters. The molecule has 5 heteroatoms. The second kappa shape index (κ2) is 7.01. The van der Waals surface area contributed by atoms with Crippen molar-refractivity contribution in [3.05, 3.63) is 36.2 Å². The molecule has 1 spiro atoms. The fourth-order valence-corrected chi connectivity index (χ4v) is 4.80. The molecule has 2 aromatic rings. The van der Waals surface area contributed by atoms with Crippen LogP contribution in [-0.4, -0.2) is 32.8 Å². The molecule has 2 saturated carbocycles. The molecule has 0 amide bonds. The topological polar surface area (TPSA) is 55.6 Å². The van der Waals surface area contributed by atoms with Gasteiger partial charge in [0, 0.05) is 19.0 Å². The summed E-state index contributed by atoms with van der Waals surface area (Å²) < 4.78 is 1.85. The van der Waals surface area contributed by atoms with E-state index in [2.05, 4.69) is 20.8 Å². The highest BCUT2D eigenvalue weighted by molar-refractivity contribution is 5.30. The maximum absolute atomic E-state index is 4.22. The molecule has 2 aliphatic rings. The molecule has 0 saturated heterocycles. The predicted octanol–water partition coefficient (Wildman–Crippen LogP) is 3.30. The third-order valence-corrected chi connectivity index (χ3v) is 6.03. The van der Waals surface area contributed by atoms with E-state index in [-0.39, 0.29) is 0 Å². The first kappa shape index (κ1) is 15.8. The van der Waals surface area contributed by atoms with Gasteiger partial charge in [-0.3, -0.25) is 0 Å². The largest absolute Gasteiger partial charge is 0.313 e. The van der Waals surface area contributed by atoms with Gasteiger partial charge in [0.2, 0.25) is 0 Å². The molecular formula is C19H27N5. The van der Waals surface area contributed by atoms with Crippen molar-refractivity contribution in [2.75, 3.05) is 6.54 Å². The lowest BCUT2D eigenvalue weighted by atomic mass is 9.70. The second-order valence-corrected chi connectivity index (χ2v) is 7.41. The standard InChI is InChI=1S/C19H27N5/c1-3-8-16(9-4-1)24-18(21-22-23-24)11-15-20-17-10-7-14-19(17)12-5-2-6-13-19/h1,3-4,8-9,17,20H,2,5-7,10-15H2. The zero-order chi connectivity index (χ0) is 16.2. The molecule has 2 fully saturated rings. The molecule has 5 nitrogen and oxygen atoms in total. The van der Waals surface area contributed by atoms with Crippen LogP contribution in [0, 0.1) is 5.41 Å². The fraction of sp³-hybridized carbons (Fsp3) is 0.632. The third-order valence-electron chi connectivity index (χ3n) is 6.03. The first-order chi connectivity index (χ1) is 11.9. The molecule has 1 heterocycles. The molecule has 0 aliphatic heterocycles. The molecule has 4 rings (SSSR count). The lowest BCUT2D eigenvalue weighted by Gasteiger charge is -2.39.